The van der Waals surface area contributed by atoms with E-state index in [9.17, 15) is 19.4 Å². The van der Waals surface area contributed by atoms with Crippen molar-refractivity contribution in [2.45, 2.75) is 225 Å². The average molecular weight is 826 g/mol. The van der Waals surface area contributed by atoms with E-state index >= 15 is 0 Å². The number of hydrogen-bond acceptors (Lipinski definition) is 5. The van der Waals surface area contributed by atoms with Gasteiger partial charge in [-0.25, -0.2) is 4.57 Å². The lowest BCUT2D eigenvalue weighted by Crippen LogP contribution is -2.45. The lowest BCUT2D eigenvalue weighted by molar-refractivity contribution is -0.870. The van der Waals surface area contributed by atoms with Gasteiger partial charge in [-0.2, -0.15) is 0 Å². The third-order valence-corrected chi connectivity index (χ3v) is 11.6. The molecule has 3 N–H and O–H groups in total. The van der Waals surface area contributed by atoms with E-state index in [-0.39, 0.29) is 19.1 Å². The van der Waals surface area contributed by atoms with Gasteiger partial charge in [-0.15, -0.1) is 0 Å². The summed E-state index contributed by atoms with van der Waals surface area (Å²) in [5.41, 5.74) is 0. The number of allylic oxidation sites excluding steroid dienone is 5. The Bertz CT molecular complexity index is 1030. The van der Waals surface area contributed by atoms with Gasteiger partial charge in [-0.3, -0.25) is 13.8 Å². The molecular formula is C48H94N2O6P+. The van der Waals surface area contributed by atoms with Gasteiger partial charge in [0, 0.05) is 6.42 Å². The van der Waals surface area contributed by atoms with Crippen LogP contribution >= 0.6 is 7.82 Å². The summed E-state index contributed by atoms with van der Waals surface area (Å²) >= 11 is 0. The summed E-state index contributed by atoms with van der Waals surface area (Å²) in [5.74, 6) is -0.185. The molecule has 0 aliphatic heterocycles. The van der Waals surface area contributed by atoms with Crippen LogP contribution in [0.15, 0.2) is 36.5 Å². The smallest absolute Gasteiger partial charge is 0.387 e. The summed E-state index contributed by atoms with van der Waals surface area (Å²) in [5, 5.41) is 13.9. The molecule has 8 nitrogen and oxygen atoms in total. The minimum absolute atomic E-state index is 0.0598. The number of quaternary nitrogens is 1. The first kappa shape index (κ1) is 55.7. The van der Waals surface area contributed by atoms with E-state index in [1.807, 2.05) is 27.2 Å². The molecule has 0 bridgehead atoms. The Morgan fingerprint density at radius 1 is 0.596 bits per heavy atom. The second kappa shape index (κ2) is 40.1. The highest BCUT2D eigenvalue weighted by atomic mass is 31.2. The molecule has 0 aromatic heterocycles. The first-order valence-corrected chi connectivity index (χ1v) is 25.4. The highest BCUT2D eigenvalue weighted by Gasteiger charge is 2.27. The van der Waals surface area contributed by atoms with Crippen LogP contribution in [-0.2, 0) is 18.4 Å². The fraction of sp³-hybridized carbons (Fsp3) is 0.854. The number of unbranched alkanes of at least 4 members (excludes halogenated alkanes) is 26. The zero-order valence-corrected chi connectivity index (χ0v) is 39.0. The number of aliphatic hydroxyl groups is 1. The third-order valence-electron chi connectivity index (χ3n) is 10.6. The molecule has 0 saturated carbocycles. The van der Waals surface area contributed by atoms with E-state index in [4.69, 9.17) is 9.05 Å². The van der Waals surface area contributed by atoms with Gasteiger partial charge in [-0.1, -0.05) is 192 Å². The van der Waals surface area contributed by atoms with Crippen molar-refractivity contribution in [1.29, 1.82) is 0 Å². The number of aliphatic hydroxyl groups excluding tert-OH is 1. The van der Waals surface area contributed by atoms with Crippen molar-refractivity contribution >= 4 is 13.7 Å². The maximum absolute atomic E-state index is 12.9. The van der Waals surface area contributed by atoms with Gasteiger partial charge in [0.1, 0.15) is 13.2 Å². The molecule has 0 spiro atoms. The number of likely N-dealkylation sites (N-methyl/N-ethyl adjacent to an activating group) is 1. The standard InChI is InChI=1S/C48H93N2O6P/c1-6-8-10-12-14-16-18-20-22-24-26-28-30-32-34-36-38-40-42-48(52)49-46(45-56-57(53,54)55-44-43-50(3,4)5)47(51)41-39-37-35-33-31-29-27-25-23-21-19-17-15-13-11-9-7-2/h16,18,22,24,39,41,46-47,51H,6-15,17,19-21,23,25-38,40,42-45H2,1-5H3,(H-,49,52,53,54)/p+1/b18-16-,24-22-,41-39+. The normalized spacial score (nSPS) is 14.6. The van der Waals surface area contributed by atoms with Crippen LogP contribution in [0.4, 0.5) is 0 Å². The second-order valence-electron chi connectivity index (χ2n) is 17.5. The Hall–Kier alpha value is -1.28. The van der Waals surface area contributed by atoms with Gasteiger partial charge in [0.15, 0.2) is 0 Å². The molecular weight excluding hydrogens is 732 g/mol. The van der Waals surface area contributed by atoms with Crippen LogP contribution in [0.25, 0.3) is 0 Å². The van der Waals surface area contributed by atoms with Crippen molar-refractivity contribution in [2.75, 3.05) is 40.9 Å². The number of phosphoric ester groups is 1. The number of hydrogen-bond donors (Lipinski definition) is 3. The van der Waals surface area contributed by atoms with E-state index in [1.54, 1.807) is 6.08 Å². The molecule has 0 aliphatic carbocycles. The summed E-state index contributed by atoms with van der Waals surface area (Å²) in [6.07, 6.45) is 49.2. The molecule has 3 unspecified atom stereocenters. The van der Waals surface area contributed by atoms with E-state index in [0.717, 1.165) is 51.4 Å². The van der Waals surface area contributed by atoms with Crippen LogP contribution in [0.3, 0.4) is 0 Å². The molecule has 0 aromatic carbocycles. The zero-order valence-electron chi connectivity index (χ0n) is 38.1. The van der Waals surface area contributed by atoms with Gasteiger partial charge in [0.25, 0.3) is 0 Å². The molecule has 0 heterocycles. The van der Waals surface area contributed by atoms with Gasteiger partial charge < -0.3 is 19.8 Å². The van der Waals surface area contributed by atoms with Crippen LogP contribution in [-0.4, -0.2) is 73.4 Å². The minimum atomic E-state index is -4.34. The summed E-state index contributed by atoms with van der Waals surface area (Å²) in [4.78, 5) is 23.2. The van der Waals surface area contributed by atoms with Gasteiger partial charge in [-0.05, 0) is 51.4 Å². The van der Waals surface area contributed by atoms with Crippen LogP contribution < -0.4 is 5.32 Å². The van der Waals surface area contributed by atoms with E-state index < -0.39 is 20.0 Å². The van der Waals surface area contributed by atoms with E-state index in [1.165, 1.54) is 141 Å². The maximum atomic E-state index is 12.9. The van der Waals surface area contributed by atoms with Crippen LogP contribution in [0, 0.1) is 0 Å². The minimum Gasteiger partial charge on any atom is -0.387 e. The zero-order chi connectivity index (χ0) is 42.1. The number of rotatable bonds is 43. The molecule has 0 aromatic rings. The molecule has 336 valence electrons. The van der Waals surface area contributed by atoms with Crippen molar-refractivity contribution in [3.63, 3.8) is 0 Å². The molecule has 1 amide bonds. The predicted molar refractivity (Wildman–Crippen MR) is 244 cm³/mol. The summed E-state index contributed by atoms with van der Waals surface area (Å²) in [7, 11) is 1.57. The molecule has 0 fully saturated rings. The number of carbonyl (C=O) groups excluding carboxylic acids is 1. The van der Waals surface area contributed by atoms with Gasteiger partial charge >= 0.3 is 7.82 Å². The molecule has 9 heteroatoms. The highest BCUT2D eigenvalue weighted by Crippen LogP contribution is 2.43. The number of phosphoric acid groups is 1. The molecule has 3 atom stereocenters. The van der Waals surface area contributed by atoms with Crippen molar-refractivity contribution in [3.8, 4) is 0 Å². The average Bonchev–Trinajstić information content (AvgIpc) is 3.16. The largest absolute Gasteiger partial charge is 0.472 e. The number of nitrogens with zero attached hydrogens (tertiary/aromatic N) is 1. The molecule has 0 aliphatic rings. The van der Waals surface area contributed by atoms with Crippen molar-refractivity contribution in [2.24, 2.45) is 0 Å². The van der Waals surface area contributed by atoms with Gasteiger partial charge in [0.05, 0.1) is 39.9 Å². The lowest BCUT2D eigenvalue weighted by Gasteiger charge is -2.25. The molecule has 57 heavy (non-hydrogen) atoms. The van der Waals surface area contributed by atoms with Crippen molar-refractivity contribution in [3.05, 3.63) is 36.5 Å². The number of carbonyl (C=O) groups is 1. The lowest BCUT2D eigenvalue weighted by atomic mass is 10.0. The maximum Gasteiger partial charge on any atom is 0.472 e. The van der Waals surface area contributed by atoms with Gasteiger partial charge in [0.2, 0.25) is 5.91 Å². The topological polar surface area (TPSA) is 105 Å². The van der Waals surface area contributed by atoms with Crippen molar-refractivity contribution in [1.82, 2.24) is 5.32 Å². The Morgan fingerprint density at radius 3 is 1.46 bits per heavy atom. The van der Waals surface area contributed by atoms with Crippen LogP contribution in [0.5, 0.6) is 0 Å². The summed E-state index contributed by atoms with van der Waals surface area (Å²) < 4.78 is 23.6. The number of amides is 1. The Labute approximate surface area is 353 Å². The monoisotopic (exact) mass is 826 g/mol. The SMILES string of the molecule is CCCCCC/C=C\C/C=C\CCCCCCCCCC(=O)NC(COP(=O)(O)OCC[N+](C)(C)C)C(O)/C=C/CCCCCCCCCCCCCCCCC. The molecule has 0 rings (SSSR count). The fourth-order valence-electron chi connectivity index (χ4n) is 6.78. The van der Waals surface area contributed by atoms with Crippen LogP contribution in [0.1, 0.15) is 213 Å². The summed E-state index contributed by atoms with van der Waals surface area (Å²) in [6.45, 7) is 4.80. The Morgan fingerprint density at radius 2 is 1.00 bits per heavy atom. The fourth-order valence-corrected chi connectivity index (χ4v) is 7.51. The highest BCUT2D eigenvalue weighted by molar-refractivity contribution is 7.47. The molecule has 0 saturated heterocycles. The first-order valence-electron chi connectivity index (χ1n) is 23.9. The first-order chi connectivity index (χ1) is 27.5. The second-order valence-corrected chi connectivity index (χ2v) is 18.9. The Balaban J connectivity index is 4.39. The number of nitrogens with one attached hydrogen (secondary N) is 1. The van der Waals surface area contributed by atoms with Crippen molar-refractivity contribution < 1.29 is 32.9 Å². The predicted octanol–water partition coefficient (Wildman–Crippen LogP) is 13.5. The van der Waals surface area contributed by atoms with E-state index in [0.29, 0.717) is 17.4 Å². The Kier molecular flexibility index (Phi) is 39.2. The van der Waals surface area contributed by atoms with E-state index in [2.05, 4.69) is 43.5 Å². The van der Waals surface area contributed by atoms with Crippen LogP contribution in [0.2, 0.25) is 0 Å². The quantitative estimate of drug-likeness (QED) is 0.0245. The molecule has 0 radical (unpaired) electrons. The third kappa shape index (κ3) is 42.6. The summed E-state index contributed by atoms with van der Waals surface area (Å²) in [6, 6.07) is -0.849.